The minimum atomic E-state index is -0.491. The normalized spacial score (nSPS) is 9.83. The van der Waals surface area contributed by atoms with E-state index in [2.05, 4.69) is 15.9 Å². The van der Waals surface area contributed by atoms with Crippen LogP contribution >= 0.6 is 15.9 Å². The Morgan fingerprint density at radius 2 is 2.17 bits per heavy atom. The average Bonchev–Trinajstić information content (AvgIpc) is 2.00. The predicted octanol–water partition coefficient (Wildman–Crippen LogP) is 2.25. The van der Waals surface area contributed by atoms with Gasteiger partial charge in [0.25, 0.3) is 5.69 Å². The van der Waals surface area contributed by atoms with Crippen LogP contribution in [0.15, 0.2) is 16.6 Å². The number of nitrogens with two attached hydrogens (primary N) is 1. The monoisotopic (exact) mass is 230 g/mol. The summed E-state index contributed by atoms with van der Waals surface area (Å²) in [4.78, 5) is 9.90. The van der Waals surface area contributed by atoms with Crippen LogP contribution in [0.1, 0.15) is 5.56 Å². The number of nitro groups is 1. The van der Waals surface area contributed by atoms with Crippen molar-refractivity contribution in [1.82, 2.24) is 0 Å². The number of nitrogen functional groups attached to an aromatic ring is 1. The molecular weight excluding hydrogens is 224 g/mol. The van der Waals surface area contributed by atoms with Crippen LogP contribution < -0.4 is 5.73 Å². The van der Waals surface area contributed by atoms with E-state index in [0.29, 0.717) is 5.56 Å². The van der Waals surface area contributed by atoms with Crippen molar-refractivity contribution in [2.75, 3.05) is 5.73 Å². The van der Waals surface area contributed by atoms with E-state index < -0.39 is 4.92 Å². The SMILES string of the molecule is Cc1c(Br)ccc([N+](=O)[O-])c1N. The van der Waals surface area contributed by atoms with E-state index in [1.165, 1.54) is 6.07 Å². The molecule has 0 saturated carbocycles. The van der Waals surface area contributed by atoms with Crippen molar-refractivity contribution >= 4 is 27.3 Å². The highest BCUT2D eigenvalue weighted by Crippen LogP contribution is 2.29. The maximum atomic E-state index is 10.4. The Hall–Kier alpha value is -1.10. The summed E-state index contributed by atoms with van der Waals surface area (Å²) in [6.07, 6.45) is 0. The number of hydrogen-bond donors (Lipinski definition) is 1. The Labute approximate surface area is 77.7 Å². The van der Waals surface area contributed by atoms with Gasteiger partial charge in [0.15, 0.2) is 0 Å². The number of nitrogens with zero attached hydrogens (tertiary/aromatic N) is 1. The Morgan fingerprint density at radius 3 is 2.67 bits per heavy atom. The molecule has 0 heterocycles. The summed E-state index contributed by atoms with van der Waals surface area (Å²) < 4.78 is 0.783. The lowest BCUT2D eigenvalue weighted by atomic mass is 10.2. The lowest BCUT2D eigenvalue weighted by molar-refractivity contribution is -0.383. The largest absolute Gasteiger partial charge is 0.393 e. The summed E-state index contributed by atoms with van der Waals surface area (Å²) in [5.41, 5.74) is 6.38. The topological polar surface area (TPSA) is 69.2 Å². The molecule has 0 radical (unpaired) electrons. The zero-order valence-electron chi connectivity index (χ0n) is 6.37. The standard InChI is InChI=1S/C7H7BrN2O2/c1-4-5(8)2-3-6(7(4)9)10(11)12/h2-3H,9H2,1H3. The molecule has 0 fully saturated rings. The smallest absolute Gasteiger partial charge is 0.292 e. The second-order valence-electron chi connectivity index (χ2n) is 2.36. The first-order valence-corrected chi connectivity index (χ1v) is 4.02. The van der Waals surface area contributed by atoms with Gasteiger partial charge in [-0.1, -0.05) is 15.9 Å². The molecule has 64 valence electrons. The van der Waals surface area contributed by atoms with Crippen LogP contribution in [0.5, 0.6) is 0 Å². The maximum absolute atomic E-state index is 10.4. The average molecular weight is 231 g/mol. The van der Waals surface area contributed by atoms with Crippen molar-refractivity contribution in [2.45, 2.75) is 6.92 Å². The Kier molecular flexibility index (Phi) is 2.32. The van der Waals surface area contributed by atoms with Crippen molar-refractivity contribution < 1.29 is 4.92 Å². The molecule has 1 aromatic carbocycles. The van der Waals surface area contributed by atoms with Crippen molar-refractivity contribution in [2.24, 2.45) is 0 Å². The molecule has 0 aliphatic carbocycles. The number of anilines is 1. The lowest BCUT2D eigenvalue weighted by Crippen LogP contribution is -1.98. The van der Waals surface area contributed by atoms with Crippen LogP contribution in [-0.4, -0.2) is 4.92 Å². The first-order valence-electron chi connectivity index (χ1n) is 3.23. The van der Waals surface area contributed by atoms with E-state index in [4.69, 9.17) is 5.73 Å². The van der Waals surface area contributed by atoms with Crippen LogP contribution in [0.3, 0.4) is 0 Å². The fourth-order valence-electron chi connectivity index (χ4n) is 0.847. The van der Waals surface area contributed by atoms with E-state index in [-0.39, 0.29) is 11.4 Å². The fraction of sp³-hybridized carbons (Fsp3) is 0.143. The van der Waals surface area contributed by atoms with Gasteiger partial charge in [-0.3, -0.25) is 10.1 Å². The number of rotatable bonds is 1. The quantitative estimate of drug-likeness (QED) is 0.457. The van der Waals surface area contributed by atoms with Gasteiger partial charge in [0.1, 0.15) is 5.69 Å². The van der Waals surface area contributed by atoms with Crippen molar-refractivity contribution in [3.05, 3.63) is 32.3 Å². The van der Waals surface area contributed by atoms with Gasteiger partial charge in [0, 0.05) is 10.5 Å². The highest BCUT2D eigenvalue weighted by molar-refractivity contribution is 9.10. The van der Waals surface area contributed by atoms with Crippen LogP contribution in [0.4, 0.5) is 11.4 Å². The molecule has 0 saturated heterocycles. The number of hydrogen-bond acceptors (Lipinski definition) is 3. The second kappa shape index (κ2) is 3.10. The first kappa shape index (κ1) is 8.99. The van der Waals surface area contributed by atoms with E-state index in [1.54, 1.807) is 13.0 Å². The summed E-state index contributed by atoms with van der Waals surface area (Å²) >= 11 is 3.23. The van der Waals surface area contributed by atoms with Gasteiger partial charge >= 0.3 is 0 Å². The summed E-state index contributed by atoms with van der Waals surface area (Å²) in [6.45, 7) is 1.73. The molecule has 5 heteroatoms. The van der Waals surface area contributed by atoms with Gasteiger partial charge in [-0.25, -0.2) is 0 Å². The van der Waals surface area contributed by atoms with Gasteiger partial charge in [-0.2, -0.15) is 0 Å². The number of halogens is 1. The molecular formula is C7H7BrN2O2. The third kappa shape index (κ3) is 1.40. The Bertz CT molecular complexity index is 338. The van der Waals surface area contributed by atoms with Crippen molar-refractivity contribution in [1.29, 1.82) is 0 Å². The summed E-state index contributed by atoms with van der Waals surface area (Å²) in [6, 6.07) is 3.00. The zero-order chi connectivity index (χ0) is 9.30. The third-order valence-electron chi connectivity index (χ3n) is 1.62. The number of benzene rings is 1. The fourth-order valence-corrected chi connectivity index (χ4v) is 1.19. The minimum absolute atomic E-state index is 0.0456. The van der Waals surface area contributed by atoms with Crippen LogP contribution in [0.25, 0.3) is 0 Å². The van der Waals surface area contributed by atoms with Crippen LogP contribution in [-0.2, 0) is 0 Å². The van der Waals surface area contributed by atoms with Gasteiger partial charge in [0.05, 0.1) is 4.92 Å². The Balaban J connectivity index is 3.36. The molecule has 2 N–H and O–H groups in total. The third-order valence-corrected chi connectivity index (χ3v) is 2.48. The molecule has 12 heavy (non-hydrogen) atoms. The van der Waals surface area contributed by atoms with Crippen molar-refractivity contribution in [3.8, 4) is 0 Å². The highest BCUT2D eigenvalue weighted by Gasteiger charge is 2.13. The summed E-state index contributed by atoms with van der Waals surface area (Å²) in [7, 11) is 0. The van der Waals surface area contributed by atoms with Gasteiger partial charge in [-0.05, 0) is 18.6 Å². The minimum Gasteiger partial charge on any atom is -0.393 e. The molecule has 1 rings (SSSR count). The van der Waals surface area contributed by atoms with Crippen molar-refractivity contribution in [3.63, 3.8) is 0 Å². The molecule has 0 amide bonds. The van der Waals surface area contributed by atoms with Gasteiger partial charge in [0.2, 0.25) is 0 Å². The molecule has 0 spiro atoms. The van der Waals surface area contributed by atoms with E-state index in [1.807, 2.05) is 0 Å². The van der Waals surface area contributed by atoms with E-state index >= 15 is 0 Å². The van der Waals surface area contributed by atoms with Gasteiger partial charge in [-0.15, -0.1) is 0 Å². The van der Waals surface area contributed by atoms with E-state index in [9.17, 15) is 10.1 Å². The molecule has 0 bridgehead atoms. The molecule has 0 aromatic heterocycles. The second-order valence-corrected chi connectivity index (χ2v) is 3.22. The first-order chi connectivity index (χ1) is 5.54. The number of nitro benzene ring substituents is 1. The zero-order valence-corrected chi connectivity index (χ0v) is 7.96. The summed E-state index contributed by atoms with van der Waals surface area (Å²) in [5, 5.41) is 10.4. The predicted molar refractivity (Wildman–Crippen MR) is 49.9 cm³/mol. The lowest BCUT2D eigenvalue weighted by Gasteiger charge is -2.02. The molecule has 0 aliphatic heterocycles. The van der Waals surface area contributed by atoms with E-state index in [0.717, 1.165) is 4.47 Å². The van der Waals surface area contributed by atoms with Crippen LogP contribution in [0, 0.1) is 17.0 Å². The van der Waals surface area contributed by atoms with Crippen LogP contribution in [0.2, 0.25) is 0 Å². The molecule has 0 unspecified atom stereocenters. The molecule has 0 atom stereocenters. The Morgan fingerprint density at radius 1 is 1.58 bits per heavy atom. The highest BCUT2D eigenvalue weighted by atomic mass is 79.9. The molecule has 1 aromatic rings. The molecule has 4 nitrogen and oxygen atoms in total. The molecule has 0 aliphatic rings. The maximum Gasteiger partial charge on any atom is 0.292 e. The summed E-state index contributed by atoms with van der Waals surface area (Å²) in [5.74, 6) is 0. The van der Waals surface area contributed by atoms with Gasteiger partial charge < -0.3 is 5.73 Å².